The first-order valence-electron chi connectivity index (χ1n) is 10.7. The van der Waals surface area contributed by atoms with E-state index in [4.69, 9.17) is 13.9 Å². The highest BCUT2D eigenvalue weighted by molar-refractivity contribution is 5.78. The minimum atomic E-state index is -1.11. The molecule has 1 heterocycles. The molecule has 0 aliphatic carbocycles. The van der Waals surface area contributed by atoms with Gasteiger partial charge in [0, 0.05) is 13.5 Å². The van der Waals surface area contributed by atoms with Gasteiger partial charge in [-0.25, -0.2) is 9.78 Å². The summed E-state index contributed by atoms with van der Waals surface area (Å²) in [4.78, 5) is 29.5. The quantitative estimate of drug-likeness (QED) is 0.481. The van der Waals surface area contributed by atoms with Gasteiger partial charge in [0.1, 0.15) is 23.8 Å². The number of hydrogen-bond donors (Lipinski definition) is 1. The number of rotatable bonds is 10. The highest BCUT2D eigenvalue weighted by atomic mass is 16.6. The standard InChI is InChI=1S/C25H28N2O6/c1-17-23(26-18(2)32-17)9-5-7-19-6-4-8-20(14-19)15-27(16-24(28)29)25(30)33-22-12-10-21(31-3)11-13-22/h4,6,8,10-14H,5,7,9,15-16H2,1-3H3,(H,28,29). The Morgan fingerprint density at radius 3 is 2.36 bits per heavy atom. The van der Waals surface area contributed by atoms with Crippen LogP contribution in [0, 0.1) is 13.8 Å². The predicted molar refractivity (Wildman–Crippen MR) is 122 cm³/mol. The van der Waals surface area contributed by atoms with Crippen LogP contribution in [-0.2, 0) is 24.2 Å². The van der Waals surface area contributed by atoms with Crippen molar-refractivity contribution in [1.29, 1.82) is 0 Å². The van der Waals surface area contributed by atoms with E-state index in [0.717, 1.165) is 46.7 Å². The summed E-state index contributed by atoms with van der Waals surface area (Å²) in [6.45, 7) is 3.40. The van der Waals surface area contributed by atoms with Gasteiger partial charge in [0.05, 0.1) is 12.8 Å². The number of aryl methyl sites for hydroxylation is 4. The van der Waals surface area contributed by atoms with E-state index in [1.54, 1.807) is 31.4 Å². The summed E-state index contributed by atoms with van der Waals surface area (Å²) in [5.74, 6) is 1.34. The van der Waals surface area contributed by atoms with Crippen molar-refractivity contribution in [3.05, 3.63) is 77.0 Å². The maximum Gasteiger partial charge on any atom is 0.416 e. The molecule has 0 unspecified atom stereocenters. The molecule has 0 radical (unpaired) electrons. The number of aromatic nitrogens is 1. The van der Waals surface area contributed by atoms with Gasteiger partial charge in [0.25, 0.3) is 0 Å². The average molecular weight is 453 g/mol. The summed E-state index contributed by atoms with van der Waals surface area (Å²) in [5.41, 5.74) is 2.90. The summed E-state index contributed by atoms with van der Waals surface area (Å²) in [6, 6.07) is 14.3. The molecule has 0 aliphatic heterocycles. The SMILES string of the molecule is COc1ccc(OC(=O)N(CC(=O)O)Cc2cccc(CCCc3nc(C)oc3C)c2)cc1. The van der Waals surface area contributed by atoms with E-state index >= 15 is 0 Å². The van der Waals surface area contributed by atoms with E-state index in [0.29, 0.717) is 17.4 Å². The number of carboxylic acid groups (broad SMARTS) is 1. The Labute approximate surface area is 192 Å². The zero-order chi connectivity index (χ0) is 23.8. The van der Waals surface area contributed by atoms with E-state index in [9.17, 15) is 14.7 Å². The Hall–Kier alpha value is -3.81. The van der Waals surface area contributed by atoms with Gasteiger partial charge < -0.3 is 19.0 Å². The van der Waals surface area contributed by atoms with Gasteiger partial charge in [-0.15, -0.1) is 0 Å². The Kier molecular flexibility index (Phi) is 8.07. The number of carbonyl (C=O) groups excluding carboxylic acids is 1. The van der Waals surface area contributed by atoms with E-state index in [2.05, 4.69) is 4.98 Å². The van der Waals surface area contributed by atoms with Crippen LogP contribution in [0.25, 0.3) is 0 Å². The lowest BCUT2D eigenvalue weighted by Crippen LogP contribution is -2.37. The molecule has 0 atom stereocenters. The Morgan fingerprint density at radius 1 is 1.03 bits per heavy atom. The molecule has 1 amide bonds. The third-order valence-electron chi connectivity index (χ3n) is 5.09. The highest BCUT2D eigenvalue weighted by Crippen LogP contribution is 2.19. The number of carboxylic acids is 1. The molecule has 33 heavy (non-hydrogen) atoms. The summed E-state index contributed by atoms with van der Waals surface area (Å²) in [5, 5.41) is 9.27. The van der Waals surface area contributed by atoms with Crippen molar-refractivity contribution in [3.63, 3.8) is 0 Å². The Balaban J connectivity index is 1.62. The number of carbonyl (C=O) groups is 2. The summed E-state index contributed by atoms with van der Waals surface area (Å²) < 4.78 is 15.9. The Morgan fingerprint density at radius 2 is 1.73 bits per heavy atom. The van der Waals surface area contributed by atoms with Gasteiger partial charge in [-0.1, -0.05) is 24.3 Å². The van der Waals surface area contributed by atoms with Crippen LogP contribution in [0.2, 0.25) is 0 Å². The fourth-order valence-corrected chi connectivity index (χ4v) is 3.53. The van der Waals surface area contributed by atoms with Gasteiger partial charge in [-0.2, -0.15) is 0 Å². The first-order chi connectivity index (χ1) is 15.8. The first kappa shape index (κ1) is 23.8. The first-order valence-corrected chi connectivity index (χ1v) is 10.7. The van der Waals surface area contributed by atoms with Crippen LogP contribution < -0.4 is 9.47 Å². The van der Waals surface area contributed by atoms with E-state index < -0.39 is 18.6 Å². The number of methoxy groups -OCH3 is 1. The van der Waals surface area contributed by atoms with E-state index in [1.165, 1.54) is 0 Å². The molecule has 2 aromatic carbocycles. The van der Waals surface area contributed by atoms with Gasteiger partial charge in [-0.05, 0) is 61.6 Å². The highest BCUT2D eigenvalue weighted by Gasteiger charge is 2.20. The smallest absolute Gasteiger partial charge is 0.416 e. The van der Waals surface area contributed by atoms with Crippen molar-refractivity contribution in [3.8, 4) is 11.5 Å². The fourth-order valence-electron chi connectivity index (χ4n) is 3.53. The average Bonchev–Trinajstić information content (AvgIpc) is 3.10. The van der Waals surface area contributed by atoms with Gasteiger partial charge in [0.15, 0.2) is 5.89 Å². The van der Waals surface area contributed by atoms with Crippen molar-refractivity contribution in [1.82, 2.24) is 9.88 Å². The van der Waals surface area contributed by atoms with Crippen LogP contribution in [0.3, 0.4) is 0 Å². The maximum absolute atomic E-state index is 12.6. The third kappa shape index (κ3) is 7.10. The molecular weight excluding hydrogens is 424 g/mol. The lowest BCUT2D eigenvalue weighted by atomic mass is 10.0. The number of benzene rings is 2. The number of oxazole rings is 1. The molecular formula is C25H28N2O6. The molecule has 0 saturated heterocycles. The van der Waals surface area contributed by atoms with Crippen LogP contribution in [-0.4, -0.2) is 40.7 Å². The lowest BCUT2D eigenvalue weighted by molar-refractivity contribution is -0.138. The Bertz CT molecular complexity index is 1090. The van der Waals surface area contributed by atoms with Crippen molar-refractivity contribution < 1.29 is 28.6 Å². The molecule has 0 bridgehead atoms. The summed E-state index contributed by atoms with van der Waals surface area (Å²) in [6.07, 6.45) is 1.81. The second kappa shape index (κ2) is 11.2. The van der Waals surface area contributed by atoms with Crippen molar-refractivity contribution >= 4 is 12.1 Å². The lowest BCUT2D eigenvalue weighted by Gasteiger charge is -2.20. The van der Waals surface area contributed by atoms with Crippen molar-refractivity contribution in [2.45, 2.75) is 39.7 Å². The zero-order valence-corrected chi connectivity index (χ0v) is 19.0. The molecule has 174 valence electrons. The van der Waals surface area contributed by atoms with Crippen molar-refractivity contribution in [2.24, 2.45) is 0 Å². The van der Waals surface area contributed by atoms with Crippen LogP contribution in [0.4, 0.5) is 4.79 Å². The molecule has 0 fully saturated rings. The largest absolute Gasteiger partial charge is 0.497 e. The second-order valence-electron chi connectivity index (χ2n) is 7.70. The number of nitrogens with zero attached hydrogens (tertiary/aromatic N) is 2. The maximum atomic E-state index is 12.6. The molecule has 0 spiro atoms. The van der Waals surface area contributed by atoms with Crippen molar-refractivity contribution in [2.75, 3.05) is 13.7 Å². The molecule has 0 aliphatic rings. The minimum Gasteiger partial charge on any atom is -0.497 e. The number of hydrogen-bond acceptors (Lipinski definition) is 6. The normalized spacial score (nSPS) is 10.6. The minimum absolute atomic E-state index is 0.122. The molecule has 8 heteroatoms. The van der Waals surface area contributed by atoms with Gasteiger partial charge in [0.2, 0.25) is 0 Å². The van der Waals surface area contributed by atoms with Gasteiger partial charge in [-0.3, -0.25) is 9.69 Å². The van der Waals surface area contributed by atoms with E-state index in [-0.39, 0.29) is 6.54 Å². The number of aliphatic carboxylic acids is 1. The van der Waals surface area contributed by atoms with Crippen LogP contribution in [0.5, 0.6) is 11.5 Å². The molecule has 3 rings (SSSR count). The van der Waals surface area contributed by atoms with Crippen LogP contribution >= 0.6 is 0 Å². The monoisotopic (exact) mass is 452 g/mol. The number of ether oxygens (including phenoxy) is 2. The molecule has 1 N–H and O–H groups in total. The topological polar surface area (TPSA) is 102 Å². The van der Waals surface area contributed by atoms with Crippen LogP contribution in [0.15, 0.2) is 52.9 Å². The van der Waals surface area contributed by atoms with Crippen LogP contribution in [0.1, 0.15) is 34.9 Å². The fraction of sp³-hybridized carbons (Fsp3) is 0.320. The molecule has 0 saturated carbocycles. The molecule has 3 aromatic rings. The zero-order valence-electron chi connectivity index (χ0n) is 19.0. The molecule has 8 nitrogen and oxygen atoms in total. The summed E-state index contributed by atoms with van der Waals surface area (Å²) >= 11 is 0. The van der Waals surface area contributed by atoms with Gasteiger partial charge >= 0.3 is 12.1 Å². The predicted octanol–water partition coefficient (Wildman–Crippen LogP) is 4.56. The third-order valence-corrected chi connectivity index (χ3v) is 5.09. The molecule has 1 aromatic heterocycles. The summed E-state index contributed by atoms with van der Waals surface area (Å²) in [7, 11) is 1.54. The van der Waals surface area contributed by atoms with E-state index in [1.807, 2.05) is 38.1 Å². The number of amides is 1. The second-order valence-corrected chi connectivity index (χ2v) is 7.70.